The standard InChI is InChI=1S/C11H15NO3/c1-7(2)9(13)4-5-12-10(14)6-8(3)11(12)15/h6-7H,4-5H2,1-3H3. The van der Waals surface area contributed by atoms with Gasteiger partial charge in [-0.2, -0.15) is 0 Å². The summed E-state index contributed by atoms with van der Waals surface area (Å²) in [7, 11) is 0. The van der Waals surface area contributed by atoms with E-state index in [0.29, 0.717) is 5.57 Å². The van der Waals surface area contributed by atoms with Gasteiger partial charge in [0, 0.05) is 30.5 Å². The van der Waals surface area contributed by atoms with Crippen LogP contribution in [0.5, 0.6) is 0 Å². The largest absolute Gasteiger partial charge is 0.299 e. The van der Waals surface area contributed by atoms with Gasteiger partial charge in [0.05, 0.1) is 0 Å². The summed E-state index contributed by atoms with van der Waals surface area (Å²) >= 11 is 0. The average Bonchev–Trinajstić information content (AvgIpc) is 2.38. The van der Waals surface area contributed by atoms with E-state index in [2.05, 4.69) is 0 Å². The Balaban J connectivity index is 2.52. The summed E-state index contributed by atoms with van der Waals surface area (Å²) in [5.74, 6) is -0.572. The lowest BCUT2D eigenvalue weighted by atomic mass is 10.1. The molecule has 0 aliphatic carbocycles. The molecule has 0 aromatic heterocycles. The van der Waals surface area contributed by atoms with Crippen LogP contribution in [0.2, 0.25) is 0 Å². The van der Waals surface area contributed by atoms with Crippen LogP contribution in [-0.2, 0) is 14.4 Å². The minimum absolute atomic E-state index is 0.0492. The second kappa shape index (κ2) is 4.38. The molecule has 1 rings (SSSR count). The smallest absolute Gasteiger partial charge is 0.256 e. The Hall–Kier alpha value is -1.45. The number of carbonyl (C=O) groups is 3. The predicted octanol–water partition coefficient (Wildman–Crippen LogP) is 0.917. The molecule has 0 aromatic rings. The predicted molar refractivity (Wildman–Crippen MR) is 54.9 cm³/mol. The van der Waals surface area contributed by atoms with Gasteiger partial charge in [-0.1, -0.05) is 13.8 Å². The van der Waals surface area contributed by atoms with Gasteiger partial charge in [0.15, 0.2) is 0 Å². The van der Waals surface area contributed by atoms with Crippen molar-refractivity contribution in [2.45, 2.75) is 27.2 Å². The van der Waals surface area contributed by atoms with E-state index in [1.165, 1.54) is 6.08 Å². The summed E-state index contributed by atoms with van der Waals surface area (Å²) in [6.07, 6.45) is 1.55. The fourth-order valence-electron chi connectivity index (χ4n) is 1.36. The molecular weight excluding hydrogens is 194 g/mol. The lowest BCUT2D eigenvalue weighted by Gasteiger charge is -2.14. The molecular formula is C11H15NO3. The van der Waals surface area contributed by atoms with E-state index in [-0.39, 0.29) is 36.5 Å². The molecule has 0 spiro atoms. The Morgan fingerprint density at radius 2 is 2.00 bits per heavy atom. The first-order valence-electron chi connectivity index (χ1n) is 5.00. The third kappa shape index (κ3) is 2.52. The minimum Gasteiger partial charge on any atom is -0.299 e. The number of amides is 2. The molecule has 4 nitrogen and oxygen atoms in total. The van der Waals surface area contributed by atoms with Crippen molar-refractivity contribution < 1.29 is 14.4 Å². The van der Waals surface area contributed by atoms with Gasteiger partial charge in [-0.15, -0.1) is 0 Å². The minimum atomic E-state index is -0.311. The number of ketones is 1. The number of carbonyl (C=O) groups excluding carboxylic acids is 3. The highest BCUT2D eigenvalue weighted by Crippen LogP contribution is 2.12. The van der Waals surface area contributed by atoms with Crippen LogP contribution >= 0.6 is 0 Å². The topological polar surface area (TPSA) is 54.5 Å². The monoisotopic (exact) mass is 209 g/mol. The zero-order valence-electron chi connectivity index (χ0n) is 9.24. The Morgan fingerprint density at radius 3 is 2.40 bits per heavy atom. The molecule has 0 fully saturated rings. The van der Waals surface area contributed by atoms with Crippen molar-refractivity contribution in [2.24, 2.45) is 5.92 Å². The molecule has 0 N–H and O–H groups in total. The Morgan fingerprint density at radius 1 is 1.40 bits per heavy atom. The van der Waals surface area contributed by atoms with Crippen LogP contribution in [0.4, 0.5) is 0 Å². The quantitative estimate of drug-likeness (QED) is 0.647. The highest BCUT2D eigenvalue weighted by atomic mass is 16.2. The first-order chi connectivity index (χ1) is 6.93. The van der Waals surface area contributed by atoms with Gasteiger partial charge >= 0.3 is 0 Å². The Kier molecular flexibility index (Phi) is 3.39. The van der Waals surface area contributed by atoms with Crippen LogP contribution in [0.3, 0.4) is 0 Å². The maximum atomic E-state index is 11.4. The first kappa shape index (κ1) is 11.6. The second-order valence-electron chi connectivity index (χ2n) is 3.99. The fraction of sp³-hybridized carbons (Fsp3) is 0.545. The second-order valence-corrected chi connectivity index (χ2v) is 3.99. The maximum absolute atomic E-state index is 11.4. The van der Waals surface area contributed by atoms with Gasteiger partial charge in [-0.05, 0) is 6.92 Å². The number of rotatable bonds is 4. The zero-order valence-corrected chi connectivity index (χ0v) is 9.24. The summed E-state index contributed by atoms with van der Waals surface area (Å²) in [6, 6.07) is 0. The van der Waals surface area contributed by atoms with E-state index < -0.39 is 0 Å². The molecule has 2 amide bonds. The highest BCUT2D eigenvalue weighted by molar-refractivity contribution is 6.16. The molecule has 1 aliphatic rings. The summed E-state index contributed by atoms with van der Waals surface area (Å²) in [6.45, 7) is 5.41. The molecule has 15 heavy (non-hydrogen) atoms. The molecule has 0 radical (unpaired) electrons. The third-order valence-electron chi connectivity index (χ3n) is 2.41. The van der Waals surface area contributed by atoms with Crippen molar-refractivity contribution in [3.63, 3.8) is 0 Å². The fourth-order valence-corrected chi connectivity index (χ4v) is 1.36. The number of Topliss-reactive ketones (excluding diaryl/α,β-unsaturated/α-hetero) is 1. The lowest BCUT2D eigenvalue weighted by Crippen LogP contribution is -2.33. The van der Waals surface area contributed by atoms with Crippen molar-refractivity contribution >= 4 is 17.6 Å². The van der Waals surface area contributed by atoms with E-state index in [1.807, 2.05) is 0 Å². The normalized spacial score (nSPS) is 16.3. The third-order valence-corrected chi connectivity index (χ3v) is 2.41. The average molecular weight is 209 g/mol. The Bertz CT molecular complexity index is 342. The van der Waals surface area contributed by atoms with E-state index >= 15 is 0 Å². The van der Waals surface area contributed by atoms with Crippen LogP contribution < -0.4 is 0 Å². The summed E-state index contributed by atoms with van der Waals surface area (Å²) in [5.41, 5.74) is 0.442. The van der Waals surface area contributed by atoms with Crippen LogP contribution in [0.25, 0.3) is 0 Å². The number of imide groups is 1. The molecule has 4 heteroatoms. The van der Waals surface area contributed by atoms with Crippen LogP contribution in [0.15, 0.2) is 11.6 Å². The summed E-state index contributed by atoms with van der Waals surface area (Å²) in [5, 5.41) is 0. The number of hydrogen-bond donors (Lipinski definition) is 0. The van der Waals surface area contributed by atoms with Crippen LogP contribution in [-0.4, -0.2) is 29.0 Å². The number of nitrogens with zero attached hydrogens (tertiary/aromatic N) is 1. The van der Waals surface area contributed by atoms with E-state index in [9.17, 15) is 14.4 Å². The van der Waals surface area contributed by atoms with E-state index in [1.54, 1.807) is 20.8 Å². The van der Waals surface area contributed by atoms with Gasteiger partial charge in [-0.3, -0.25) is 19.3 Å². The van der Waals surface area contributed by atoms with Gasteiger partial charge in [0.1, 0.15) is 5.78 Å². The number of hydrogen-bond acceptors (Lipinski definition) is 3. The van der Waals surface area contributed by atoms with Crippen molar-refractivity contribution in [2.75, 3.05) is 6.54 Å². The van der Waals surface area contributed by atoms with E-state index in [4.69, 9.17) is 0 Å². The molecule has 0 saturated heterocycles. The zero-order chi connectivity index (χ0) is 11.6. The van der Waals surface area contributed by atoms with Gasteiger partial charge < -0.3 is 0 Å². The van der Waals surface area contributed by atoms with Crippen LogP contribution in [0.1, 0.15) is 27.2 Å². The molecule has 82 valence electrons. The molecule has 0 unspecified atom stereocenters. The van der Waals surface area contributed by atoms with Crippen molar-refractivity contribution in [1.82, 2.24) is 4.90 Å². The molecule has 0 bridgehead atoms. The lowest BCUT2D eigenvalue weighted by molar-refractivity contribution is -0.137. The molecule has 1 heterocycles. The molecule has 0 saturated carbocycles. The molecule has 0 atom stereocenters. The highest BCUT2D eigenvalue weighted by Gasteiger charge is 2.28. The summed E-state index contributed by atoms with van der Waals surface area (Å²) < 4.78 is 0. The molecule has 0 aromatic carbocycles. The van der Waals surface area contributed by atoms with Gasteiger partial charge in [0.2, 0.25) is 0 Å². The molecule has 1 aliphatic heterocycles. The Labute approximate surface area is 88.9 Å². The van der Waals surface area contributed by atoms with Crippen molar-refractivity contribution in [3.8, 4) is 0 Å². The summed E-state index contributed by atoms with van der Waals surface area (Å²) in [4.78, 5) is 35.2. The maximum Gasteiger partial charge on any atom is 0.256 e. The van der Waals surface area contributed by atoms with Crippen molar-refractivity contribution in [1.29, 1.82) is 0 Å². The van der Waals surface area contributed by atoms with Gasteiger partial charge in [0.25, 0.3) is 11.8 Å². The van der Waals surface area contributed by atoms with Crippen LogP contribution in [0, 0.1) is 5.92 Å². The van der Waals surface area contributed by atoms with Crippen molar-refractivity contribution in [3.05, 3.63) is 11.6 Å². The van der Waals surface area contributed by atoms with E-state index in [0.717, 1.165) is 4.90 Å². The first-order valence-corrected chi connectivity index (χ1v) is 5.00. The SMILES string of the molecule is CC1=CC(=O)N(CCC(=O)C(C)C)C1=O. The van der Waals surface area contributed by atoms with Gasteiger partial charge in [-0.25, -0.2) is 0 Å².